The summed E-state index contributed by atoms with van der Waals surface area (Å²) in [6.45, 7) is 11.0. The highest BCUT2D eigenvalue weighted by Gasteiger charge is 1.96. The first-order valence-corrected chi connectivity index (χ1v) is 7.20. The highest BCUT2D eigenvalue weighted by atomic mass is 16.5. The van der Waals surface area contributed by atoms with Gasteiger partial charge in [-0.25, -0.2) is 0 Å². The topological polar surface area (TPSA) is 9.23 Å². The molecule has 0 fully saturated rings. The minimum Gasteiger partial charge on any atom is -0.381 e. The summed E-state index contributed by atoms with van der Waals surface area (Å²) < 4.78 is 5.59. The predicted octanol–water partition coefficient (Wildman–Crippen LogP) is 5.05. The van der Waals surface area contributed by atoms with Crippen molar-refractivity contribution in [2.24, 2.45) is 11.8 Å². The zero-order valence-corrected chi connectivity index (χ0v) is 11.9. The van der Waals surface area contributed by atoms with Gasteiger partial charge in [-0.1, -0.05) is 59.8 Å². The average Bonchev–Trinajstić information content (AvgIpc) is 2.20. The summed E-state index contributed by atoms with van der Waals surface area (Å²) >= 11 is 0. The lowest BCUT2D eigenvalue weighted by Crippen LogP contribution is -2.00. The van der Waals surface area contributed by atoms with E-state index in [2.05, 4.69) is 27.7 Å². The molecule has 0 aliphatic heterocycles. The van der Waals surface area contributed by atoms with Crippen LogP contribution in [0.2, 0.25) is 0 Å². The molecule has 0 aromatic heterocycles. The second kappa shape index (κ2) is 11.4. The third kappa shape index (κ3) is 14.0. The first-order valence-electron chi connectivity index (χ1n) is 7.20. The Labute approximate surface area is 103 Å². The summed E-state index contributed by atoms with van der Waals surface area (Å²) in [6, 6.07) is 0. The largest absolute Gasteiger partial charge is 0.381 e. The number of hydrogen-bond donors (Lipinski definition) is 0. The summed E-state index contributed by atoms with van der Waals surface area (Å²) in [5.74, 6) is 1.65. The molecule has 0 spiro atoms. The standard InChI is InChI=1S/C15H32O/c1-14(2)10-8-6-5-7-9-12-16-13-11-15(3)4/h14-15H,5-13H2,1-4H3. The maximum Gasteiger partial charge on any atom is 0.0468 e. The minimum absolute atomic E-state index is 0.774. The quantitative estimate of drug-likeness (QED) is 0.450. The molecule has 98 valence electrons. The van der Waals surface area contributed by atoms with E-state index >= 15 is 0 Å². The van der Waals surface area contributed by atoms with Crippen LogP contribution in [0.1, 0.15) is 72.6 Å². The SMILES string of the molecule is CC(C)CCCCCCCOCCC(C)C. The Kier molecular flexibility index (Phi) is 11.4. The average molecular weight is 228 g/mol. The molecule has 0 rings (SSSR count). The smallest absolute Gasteiger partial charge is 0.0468 e. The van der Waals surface area contributed by atoms with Gasteiger partial charge in [0.2, 0.25) is 0 Å². The van der Waals surface area contributed by atoms with Gasteiger partial charge >= 0.3 is 0 Å². The number of unbranched alkanes of at least 4 members (excludes halogenated alkanes) is 4. The molecule has 0 bridgehead atoms. The van der Waals surface area contributed by atoms with E-state index < -0.39 is 0 Å². The van der Waals surface area contributed by atoms with E-state index in [-0.39, 0.29) is 0 Å². The van der Waals surface area contributed by atoms with Crippen LogP contribution in [0.4, 0.5) is 0 Å². The maximum absolute atomic E-state index is 5.59. The molecule has 0 amide bonds. The van der Waals surface area contributed by atoms with Crippen molar-refractivity contribution in [1.82, 2.24) is 0 Å². The summed E-state index contributed by atoms with van der Waals surface area (Å²) in [7, 11) is 0. The van der Waals surface area contributed by atoms with E-state index in [1.54, 1.807) is 0 Å². The van der Waals surface area contributed by atoms with Crippen LogP contribution in [0.25, 0.3) is 0 Å². The molecule has 0 saturated carbocycles. The van der Waals surface area contributed by atoms with Gasteiger partial charge in [0.1, 0.15) is 0 Å². The minimum atomic E-state index is 0.774. The predicted molar refractivity (Wildman–Crippen MR) is 72.8 cm³/mol. The number of ether oxygens (including phenoxy) is 1. The van der Waals surface area contributed by atoms with Gasteiger partial charge < -0.3 is 4.74 Å². The maximum atomic E-state index is 5.59. The summed E-state index contributed by atoms with van der Waals surface area (Å²) in [5, 5.41) is 0. The van der Waals surface area contributed by atoms with Crippen LogP contribution in [0.5, 0.6) is 0 Å². The van der Waals surface area contributed by atoms with Crippen molar-refractivity contribution in [3.8, 4) is 0 Å². The van der Waals surface area contributed by atoms with Crippen LogP contribution in [0, 0.1) is 11.8 Å². The van der Waals surface area contributed by atoms with E-state index in [1.807, 2.05) is 0 Å². The normalized spacial score (nSPS) is 11.6. The van der Waals surface area contributed by atoms with Gasteiger partial charge in [-0.3, -0.25) is 0 Å². The molecule has 0 aliphatic carbocycles. The molecule has 0 atom stereocenters. The van der Waals surface area contributed by atoms with E-state index in [1.165, 1.54) is 44.9 Å². The summed E-state index contributed by atoms with van der Waals surface area (Å²) in [6.07, 6.45) is 9.40. The molecular formula is C15H32O. The summed E-state index contributed by atoms with van der Waals surface area (Å²) in [5.41, 5.74) is 0. The zero-order chi connectivity index (χ0) is 12.2. The van der Waals surface area contributed by atoms with Crippen LogP contribution >= 0.6 is 0 Å². The van der Waals surface area contributed by atoms with Gasteiger partial charge in [0.05, 0.1) is 0 Å². The third-order valence-corrected chi connectivity index (χ3v) is 2.91. The fraction of sp³-hybridized carbons (Fsp3) is 1.00. The molecule has 0 aromatic rings. The Hall–Kier alpha value is -0.0400. The molecule has 0 heterocycles. The first-order chi connectivity index (χ1) is 7.63. The summed E-state index contributed by atoms with van der Waals surface area (Å²) in [4.78, 5) is 0. The van der Waals surface area contributed by atoms with Crippen LogP contribution in [-0.2, 0) is 4.74 Å². The zero-order valence-electron chi connectivity index (χ0n) is 11.9. The van der Waals surface area contributed by atoms with Crippen LogP contribution in [-0.4, -0.2) is 13.2 Å². The van der Waals surface area contributed by atoms with Crippen molar-refractivity contribution >= 4 is 0 Å². The molecule has 0 aliphatic rings. The highest BCUT2D eigenvalue weighted by Crippen LogP contribution is 2.10. The fourth-order valence-corrected chi connectivity index (χ4v) is 1.71. The number of hydrogen-bond acceptors (Lipinski definition) is 1. The lowest BCUT2D eigenvalue weighted by atomic mass is 10.0. The van der Waals surface area contributed by atoms with E-state index in [0.29, 0.717) is 0 Å². The first kappa shape index (κ1) is 16.0. The molecule has 1 nitrogen and oxygen atoms in total. The Bertz CT molecular complexity index is 113. The van der Waals surface area contributed by atoms with Gasteiger partial charge in [0, 0.05) is 13.2 Å². The lowest BCUT2D eigenvalue weighted by molar-refractivity contribution is 0.119. The van der Waals surface area contributed by atoms with Gasteiger partial charge in [0.25, 0.3) is 0 Å². The Morgan fingerprint density at radius 2 is 1.19 bits per heavy atom. The fourth-order valence-electron chi connectivity index (χ4n) is 1.71. The van der Waals surface area contributed by atoms with Crippen molar-refractivity contribution in [3.05, 3.63) is 0 Å². The number of rotatable bonds is 11. The van der Waals surface area contributed by atoms with E-state index in [9.17, 15) is 0 Å². The van der Waals surface area contributed by atoms with Gasteiger partial charge in [-0.05, 0) is 24.7 Å². The van der Waals surface area contributed by atoms with Crippen molar-refractivity contribution < 1.29 is 4.74 Å². The Morgan fingerprint density at radius 3 is 1.81 bits per heavy atom. The van der Waals surface area contributed by atoms with E-state index in [0.717, 1.165) is 25.0 Å². The van der Waals surface area contributed by atoms with Crippen LogP contribution in [0.15, 0.2) is 0 Å². The highest BCUT2D eigenvalue weighted by molar-refractivity contribution is 4.48. The third-order valence-electron chi connectivity index (χ3n) is 2.91. The second-order valence-electron chi connectivity index (χ2n) is 5.75. The molecule has 0 N–H and O–H groups in total. The van der Waals surface area contributed by atoms with E-state index in [4.69, 9.17) is 4.74 Å². The lowest BCUT2D eigenvalue weighted by Gasteiger charge is -2.06. The second-order valence-corrected chi connectivity index (χ2v) is 5.75. The van der Waals surface area contributed by atoms with Crippen molar-refractivity contribution in [2.75, 3.05) is 13.2 Å². The molecule has 0 aromatic carbocycles. The molecule has 0 saturated heterocycles. The van der Waals surface area contributed by atoms with Gasteiger partial charge in [-0.15, -0.1) is 0 Å². The molecule has 1 heteroatoms. The molecular weight excluding hydrogens is 196 g/mol. The Balaban J connectivity index is 2.93. The van der Waals surface area contributed by atoms with Crippen molar-refractivity contribution in [2.45, 2.75) is 72.6 Å². The van der Waals surface area contributed by atoms with Crippen molar-refractivity contribution in [3.63, 3.8) is 0 Å². The molecule has 0 unspecified atom stereocenters. The molecule has 0 radical (unpaired) electrons. The van der Waals surface area contributed by atoms with Gasteiger partial charge in [0.15, 0.2) is 0 Å². The monoisotopic (exact) mass is 228 g/mol. The molecule has 16 heavy (non-hydrogen) atoms. The van der Waals surface area contributed by atoms with Gasteiger partial charge in [-0.2, -0.15) is 0 Å². The Morgan fingerprint density at radius 1 is 0.625 bits per heavy atom. The van der Waals surface area contributed by atoms with Crippen molar-refractivity contribution in [1.29, 1.82) is 0 Å². The van der Waals surface area contributed by atoms with Crippen LogP contribution < -0.4 is 0 Å². The van der Waals surface area contributed by atoms with Crippen LogP contribution in [0.3, 0.4) is 0 Å².